The summed E-state index contributed by atoms with van der Waals surface area (Å²) in [5.74, 6) is -2.28. The molecule has 2 atom stereocenters. The molecular weight excluding hydrogens is 366 g/mol. The highest BCUT2D eigenvalue weighted by molar-refractivity contribution is 5.92. The summed E-state index contributed by atoms with van der Waals surface area (Å²) in [6, 6.07) is 6.73. The van der Waals surface area contributed by atoms with E-state index in [2.05, 4.69) is 10.6 Å². The summed E-state index contributed by atoms with van der Waals surface area (Å²) in [6.45, 7) is 6.49. The van der Waals surface area contributed by atoms with Crippen molar-refractivity contribution in [3.05, 3.63) is 35.9 Å². The highest BCUT2D eigenvalue weighted by Crippen LogP contribution is 2.07. The molecule has 1 aromatic carbocycles. The molecule has 0 spiro atoms. The van der Waals surface area contributed by atoms with Gasteiger partial charge >= 0.3 is 12.1 Å². The maximum Gasteiger partial charge on any atom is 0.408 e. The highest BCUT2D eigenvalue weighted by atomic mass is 16.6. The first-order valence-electron chi connectivity index (χ1n) is 8.76. The minimum absolute atomic E-state index is 0.0374. The van der Waals surface area contributed by atoms with E-state index in [1.807, 2.05) is 6.07 Å². The molecule has 4 N–H and O–H groups in total. The van der Waals surface area contributed by atoms with Gasteiger partial charge < -0.3 is 25.8 Å². The van der Waals surface area contributed by atoms with E-state index < -0.39 is 48.0 Å². The highest BCUT2D eigenvalue weighted by Gasteiger charge is 2.26. The SMILES string of the molecule is C[C@H](NC(=O)OC(C)(C)C)C(=O)N[C@H](CC(=O)OCc1ccccc1)C(N)=O. The Morgan fingerprint density at radius 1 is 1.07 bits per heavy atom. The molecule has 9 heteroatoms. The molecule has 154 valence electrons. The predicted molar refractivity (Wildman–Crippen MR) is 101 cm³/mol. The lowest BCUT2D eigenvalue weighted by molar-refractivity contribution is -0.147. The molecule has 0 unspecified atom stereocenters. The smallest absolute Gasteiger partial charge is 0.408 e. The lowest BCUT2D eigenvalue weighted by Gasteiger charge is -2.22. The van der Waals surface area contributed by atoms with Crippen molar-refractivity contribution in [1.29, 1.82) is 0 Å². The van der Waals surface area contributed by atoms with E-state index in [-0.39, 0.29) is 6.61 Å². The van der Waals surface area contributed by atoms with E-state index >= 15 is 0 Å². The number of nitrogens with one attached hydrogen (secondary N) is 2. The third-order valence-electron chi connectivity index (χ3n) is 3.40. The molecule has 0 saturated heterocycles. The van der Waals surface area contributed by atoms with E-state index in [1.54, 1.807) is 45.0 Å². The van der Waals surface area contributed by atoms with Crippen molar-refractivity contribution in [2.24, 2.45) is 5.73 Å². The second-order valence-electron chi connectivity index (χ2n) is 7.18. The summed E-state index contributed by atoms with van der Waals surface area (Å²) >= 11 is 0. The Kier molecular flexibility index (Phi) is 8.43. The molecule has 0 aliphatic rings. The van der Waals surface area contributed by atoms with Gasteiger partial charge in [-0.25, -0.2) is 4.79 Å². The number of alkyl carbamates (subject to hydrolysis) is 1. The van der Waals surface area contributed by atoms with Crippen LogP contribution in [0, 0.1) is 0 Å². The molecule has 0 aromatic heterocycles. The van der Waals surface area contributed by atoms with Crippen LogP contribution in [-0.2, 0) is 30.5 Å². The van der Waals surface area contributed by atoms with Gasteiger partial charge in [-0.3, -0.25) is 14.4 Å². The molecule has 0 saturated carbocycles. The number of esters is 1. The van der Waals surface area contributed by atoms with Gasteiger partial charge in [0.1, 0.15) is 24.3 Å². The minimum Gasteiger partial charge on any atom is -0.461 e. The van der Waals surface area contributed by atoms with Gasteiger partial charge in [0.15, 0.2) is 0 Å². The molecule has 3 amide bonds. The summed E-state index contributed by atoms with van der Waals surface area (Å²) in [6.07, 6.45) is -1.21. The van der Waals surface area contributed by atoms with E-state index in [1.165, 1.54) is 6.92 Å². The number of hydrogen-bond acceptors (Lipinski definition) is 6. The first kappa shape index (κ1) is 22.9. The van der Waals surface area contributed by atoms with Crippen LogP contribution in [0.2, 0.25) is 0 Å². The molecule has 0 aliphatic heterocycles. The molecular formula is C19H27N3O6. The molecule has 0 aliphatic carbocycles. The van der Waals surface area contributed by atoms with Gasteiger partial charge in [0.25, 0.3) is 0 Å². The normalized spacial score (nSPS) is 13.0. The van der Waals surface area contributed by atoms with E-state index in [9.17, 15) is 19.2 Å². The fraction of sp³-hybridized carbons (Fsp3) is 0.474. The van der Waals surface area contributed by atoms with Gasteiger partial charge in [-0.05, 0) is 33.3 Å². The van der Waals surface area contributed by atoms with Gasteiger partial charge in [0.05, 0.1) is 6.42 Å². The number of ether oxygens (including phenoxy) is 2. The standard InChI is InChI=1S/C19H27N3O6/c1-12(21-18(26)28-19(2,3)4)17(25)22-14(16(20)24)10-15(23)27-11-13-8-6-5-7-9-13/h5-9,12,14H,10-11H2,1-4H3,(H2,20,24)(H,21,26)(H,22,25)/t12-,14+/m0/s1. The number of rotatable bonds is 8. The molecule has 0 bridgehead atoms. The molecule has 28 heavy (non-hydrogen) atoms. The zero-order valence-electron chi connectivity index (χ0n) is 16.5. The van der Waals surface area contributed by atoms with Crippen molar-refractivity contribution >= 4 is 23.9 Å². The second-order valence-corrected chi connectivity index (χ2v) is 7.18. The third kappa shape index (κ3) is 9.02. The summed E-state index contributed by atoms with van der Waals surface area (Å²) in [7, 11) is 0. The zero-order chi connectivity index (χ0) is 21.3. The van der Waals surface area contributed by atoms with Crippen LogP contribution in [0.25, 0.3) is 0 Å². The lowest BCUT2D eigenvalue weighted by atomic mass is 10.1. The van der Waals surface area contributed by atoms with Crippen LogP contribution in [0.4, 0.5) is 4.79 Å². The second kappa shape index (κ2) is 10.3. The number of benzene rings is 1. The van der Waals surface area contributed by atoms with Gasteiger partial charge in [0.2, 0.25) is 11.8 Å². The Bertz CT molecular complexity index is 699. The summed E-state index contributed by atoms with van der Waals surface area (Å²) < 4.78 is 10.1. The van der Waals surface area contributed by atoms with E-state index in [0.29, 0.717) is 0 Å². The minimum atomic E-state index is -1.27. The molecule has 1 aromatic rings. The number of nitrogens with two attached hydrogens (primary N) is 1. The first-order valence-corrected chi connectivity index (χ1v) is 8.76. The lowest BCUT2D eigenvalue weighted by Crippen LogP contribution is -2.53. The number of carbonyl (C=O) groups is 4. The Morgan fingerprint density at radius 2 is 1.68 bits per heavy atom. The molecule has 9 nitrogen and oxygen atoms in total. The van der Waals surface area contributed by atoms with Gasteiger partial charge in [-0.1, -0.05) is 30.3 Å². The van der Waals surface area contributed by atoms with Crippen molar-refractivity contribution in [1.82, 2.24) is 10.6 Å². The average Bonchev–Trinajstić information content (AvgIpc) is 2.58. The van der Waals surface area contributed by atoms with E-state index in [0.717, 1.165) is 5.56 Å². The largest absolute Gasteiger partial charge is 0.461 e. The monoisotopic (exact) mass is 393 g/mol. The fourth-order valence-corrected chi connectivity index (χ4v) is 2.03. The maximum atomic E-state index is 12.2. The predicted octanol–water partition coefficient (Wildman–Crippen LogP) is 1.00. The molecule has 0 heterocycles. The van der Waals surface area contributed by atoms with Crippen LogP contribution in [-0.4, -0.2) is 41.6 Å². The number of hydrogen-bond donors (Lipinski definition) is 3. The maximum absolute atomic E-state index is 12.2. The summed E-state index contributed by atoms with van der Waals surface area (Å²) in [5, 5.41) is 4.67. The molecule has 0 radical (unpaired) electrons. The fourth-order valence-electron chi connectivity index (χ4n) is 2.03. The Labute approximate surface area is 163 Å². The van der Waals surface area contributed by atoms with Gasteiger partial charge in [-0.2, -0.15) is 0 Å². The van der Waals surface area contributed by atoms with Crippen LogP contribution in [0.15, 0.2) is 30.3 Å². The molecule has 1 rings (SSSR count). The quantitative estimate of drug-likeness (QED) is 0.564. The van der Waals surface area contributed by atoms with Crippen LogP contribution in [0.3, 0.4) is 0 Å². The van der Waals surface area contributed by atoms with Crippen molar-refractivity contribution in [3.63, 3.8) is 0 Å². The average molecular weight is 393 g/mol. The Balaban J connectivity index is 2.54. The van der Waals surface area contributed by atoms with Gasteiger partial charge in [0, 0.05) is 0 Å². The molecule has 0 fully saturated rings. The first-order chi connectivity index (χ1) is 13.0. The van der Waals surface area contributed by atoms with Crippen LogP contribution in [0.1, 0.15) is 39.7 Å². The Morgan fingerprint density at radius 3 is 2.21 bits per heavy atom. The van der Waals surface area contributed by atoms with Crippen molar-refractivity contribution in [3.8, 4) is 0 Å². The number of carbonyl (C=O) groups excluding carboxylic acids is 4. The zero-order valence-corrected chi connectivity index (χ0v) is 16.5. The number of amides is 3. The topological polar surface area (TPSA) is 137 Å². The summed E-state index contributed by atoms with van der Waals surface area (Å²) in [5.41, 5.74) is 5.31. The van der Waals surface area contributed by atoms with Crippen LogP contribution < -0.4 is 16.4 Å². The van der Waals surface area contributed by atoms with E-state index in [4.69, 9.17) is 15.2 Å². The van der Waals surface area contributed by atoms with Crippen LogP contribution >= 0.6 is 0 Å². The van der Waals surface area contributed by atoms with Gasteiger partial charge in [-0.15, -0.1) is 0 Å². The third-order valence-corrected chi connectivity index (χ3v) is 3.40. The van der Waals surface area contributed by atoms with Crippen molar-refractivity contribution in [2.45, 2.75) is 58.4 Å². The number of primary amides is 1. The Hall–Kier alpha value is -3.10. The van der Waals surface area contributed by atoms with Crippen molar-refractivity contribution in [2.75, 3.05) is 0 Å². The summed E-state index contributed by atoms with van der Waals surface area (Å²) in [4.78, 5) is 47.4. The van der Waals surface area contributed by atoms with Crippen molar-refractivity contribution < 1.29 is 28.7 Å². The van der Waals surface area contributed by atoms with Crippen LogP contribution in [0.5, 0.6) is 0 Å².